The summed E-state index contributed by atoms with van der Waals surface area (Å²) in [4.78, 5) is 12.8. The van der Waals surface area contributed by atoms with Crippen LogP contribution in [0.3, 0.4) is 0 Å². The molecule has 3 aromatic rings. The fraction of sp³-hybridized carbons (Fsp3) is 0.250. The maximum Gasteiger partial charge on any atom is 0.253 e. The van der Waals surface area contributed by atoms with Crippen LogP contribution in [-0.4, -0.2) is 24.9 Å². The van der Waals surface area contributed by atoms with Crippen molar-refractivity contribution in [2.24, 2.45) is 7.05 Å². The number of benzene rings is 2. The molecule has 0 aliphatic heterocycles. The molecule has 27 heavy (non-hydrogen) atoms. The molecule has 0 aliphatic rings. The van der Waals surface area contributed by atoms with Crippen LogP contribution in [0.1, 0.15) is 29.8 Å². The first-order valence-electron chi connectivity index (χ1n) is 8.71. The van der Waals surface area contributed by atoms with Gasteiger partial charge in [0, 0.05) is 36.7 Å². The molecule has 0 aliphatic carbocycles. The molecule has 0 spiro atoms. The lowest BCUT2D eigenvalue weighted by atomic mass is 10.1. The van der Waals surface area contributed by atoms with Crippen LogP contribution in [0, 0.1) is 0 Å². The maximum atomic E-state index is 12.6. The Morgan fingerprint density at radius 2 is 1.85 bits per heavy atom. The Morgan fingerprint density at radius 3 is 2.59 bits per heavy atom. The van der Waals surface area contributed by atoms with E-state index in [4.69, 9.17) is 0 Å². The highest BCUT2D eigenvalue weighted by atomic mass is 32.2. The molecule has 1 aromatic heterocycles. The van der Waals surface area contributed by atoms with Crippen molar-refractivity contribution >= 4 is 26.8 Å². The van der Waals surface area contributed by atoms with E-state index in [9.17, 15) is 13.2 Å². The van der Waals surface area contributed by atoms with Crippen molar-refractivity contribution in [1.82, 2.24) is 14.6 Å². The molecule has 0 radical (unpaired) electrons. The second-order valence-electron chi connectivity index (χ2n) is 6.78. The van der Waals surface area contributed by atoms with E-state index in [-0.39, 0.29) is 23.4 Å². The minimum absolute atomic E-state index is 0.188. The smallest absolute Gasteiger partial charge is 0.253 e. The standard InChI is InChI=1S/C20H23N3O3S/c1-14(2)22-27(25,26)16-8-6-7-15(11-16)12-21-20(24)18-13-23(3)19-10-5-4-9-17(18)19/h4-11,13-14,22H,12H2,1-3H3,(H,21,24). The first-order chi connectivity index (χ1) is 12.8. The van der Waals surface area contributed by atoms with Crippen molar-refractivity contribution in [3.05, 3.63) is 65.9 Å². The molecule has 6 nitrogen and oxygen atoms in total. The van der Waals surface area contributed by atoms with E-state index in [1.807, 2.05) is 35.9 Å². The van der Waals surface area contributed by atoms with Crippen LogP contribution in [0.4, 0.5) is 0 Å². The van der Waals surface area contributed by atoms with Crippen LogP contribution in [0.25, 0.3) is 10.9 Å². The lowest BCUT2D eigenvalue weighted by Crippen LogP contribution is -2.30. The van der Waals surface area contributed by atoms with Gasteiger partial charge in [0.25, 0.3) is 5.91 Å². The summed E-state index contributed by atoms with van der Waals surface area (Å²) >= 11 is 0. The Morgan fingerprint density at radius 1 is 1.11 bits per heavy atom. The molecule has 0 saturated carbocycles. The minimum Gasteiger partial charge on any atom is -0.350 e. The van der Waals surface area contributed by atoms with Gasteiger partial charge >= 0.3 is 0 Å². The summed E-state index contributed by atoms with van der Waals surface area (Å²) in [5, 5.41) is 3.76. The van der Waals surface area contributed by atoms with Crippen molar-refractivity contribution in [3.8, 4) is 0 Å². The molecule has 1 amide bonds. The molecule has 142 valence electrons. The number of para-hydroxylation sites is 1. The number of fused-ring (bicyclic) bond motifs is 1. The Bertz CT molecular complexity index is 1080. The predicted molar refractivity (Wildman–Crippen MR) is 106 cm³/mol. The number of aryl methyl sites for hydroxylation is 1. The van der Waals surface area contributed by atoms with Crippen molar-refractivity contribution < 1.29 is 13.2 Å². The van der Waals surface area contributed by atoms with Crippen molar-refractivity contribution in [2.75, 3.05) is 0 Å². The fourth-order valence-electron chi connectivity index (χ4n) is 3.00. The second kappa shape index (κ2) is 7.54. The zero-order valence-electron chi connectivity index (χ0n) is 15.6. The monoisotopic (exact) mass is 385 g/mol. The molecule has 0 unspecified atom stereocenters. The van der Waals surface area contributed by atoms with Gasteiger partial charge in [0.1, 0.15) is 0 Å². The molecule has 0 fully saturated rings. The normalized spacial score (nSPS) is 11.9. The van der Waals surface area contributed by atoms with Gasteiger partial charge in [-0.3, -0.25) is 4.79 Å². The molecule has 0 saturated heterocycles. The number of rotatable bonds is 6. The van der Waals surface area contributed by atoms with Crippen LogP contribution in [-0.2, 0) is 23.6 Å². The Kier molecular flexibility index (Phi) is 5.34. The van der Waals surface area contributed by atoms with Gasteiger partial charge in [-0.05, 0) is 37.6 Å². The third kappa shape index (κ3) is 4.20. The van der Waals surface area contributed by atoms with Crippen LogP contribution in [0.5, 0.6) is 0 Å². The van der Waals surface area contributed by atoms with E-state index in [2.05, 4.69) is 10.0 Å². The van der Waals surface area contributed by atoms with Gasteiger partial charge in [-0.2, -0.15) is 0 Å². The van der Waals surface area contributed by atoms with E-state index in [0.29, 0.717) is 5.56 Å². The highest BCUT2D eigenvalue weighted by molar-refractivity contribution is 7.89. The van der Waals surface area contributed by atoms with E-state index in [1.54, 1.807) is 44.3 Å². The Labute approximate surface area is 159 Å². The van der Waals surface area contributed by atoms with Crippen LogP contribution < -0.4 is 10.0 Å². The second-order valence-corrected chi connectivity index (χ2v) is 8.49. The van der Waals surface area contributed by atoms with Gasteiger partial charge in [0.15, 0.2) is 0 Å². The largest absolute Gasteiger partial charge is 0.350 e. The lowest BCUT2D eigenvalue weighted by molar-refractivity contribution is 0.0952. The fourth-order valence-corrected chi connectivity index (χ4v) is 4.32. The number of amides is 1. The number of nitrogens with one attached hydrogen (secondary N) is 2. The number of carbonyl (C=O) groups excluding carboxylic acids is 1. The highest BCUT2D eigenvalue weighted by Gasteiger charge is 2.16. The van der Waals surface area contributed by atoms with Gasteiger partial charge in [0.05, 0.1) is 10.5 Å². The van der Waals surface area contributed by atoms with E-state index in [0.717, 1.165) is 16.5 Å². The summed E-state index contributed by atoms with van der Waals surface area (Å²) in [6.07, 6.45) is 1.80. The number of hydrogen-bond donors (Lipinski definition) is 2. The first-order valence-corrected chi connectivity index (χ1v) is 10.2. The molecule has 0 atom stereocenters. The molecule has 2 N–H and O–H groups in total. The number of sulfonamides is 1. The van der Waals surface area contributed by atoms with Crippen LogP contribution in [0.15, 0.2) is 59.6 Å². The summed E-state index contributed by atoms with van der Waals surface area (Å²) in [6.45, 7) is 3.78. The van der Waals surface area contributed by atoms with Crippen molar-refractivity contribution in [1.29, 1.82) is 0 Å². The average molecular weight is 385 g/mol. The molecular weight excluding hydrogens is 362 g/mol. The van der Waals surface area contributed by atoms with Gasteiger partial charge in [-0.15, -0.1) is 0 Å². The summed E-state index contributed by atoms with van der Waals surface area (Å²) < 4.78 is 29.1. The van der Waals surface area contributed by atoms with Gasteiger partial charge in [-0.1, -0.05) is 30.3 Å². The first kappa shape index (κ1) is 19.1. The van der Waals surface area contributed by atoms with Crippen LogP contribution >= 0.6 is 0 Å². The Hall–Kier alpha value is -2.64. The van der Waals surface area contributed by atoms with Crippen LogP contribution in [0.2, 0.25) is 0 Å². The van der Waals surface area contributed by atoms with Gasteiger partial charge in [0.2, 0.25) is 10.0 Å². The number of aromatic nitrogens is 1. The molecule has 7 heteroatoms. The van der Waals surface area contributed by atoms with E-state index >= 15 is 0 Å². The molecular formula is C20H23N3O3S. The summed E-state index contributed by atoms with van der Waals surface area (Å²) in [6, 6.07) is 14.1. The third-order valence-electron chi connectivity index (χ3n) is 4.19. The predicted octanol–water partition coefficient (Wildman–Crippen LogP) is 2.80. The molecule has 2 aromatic carbocycles. The lowest BCUT2D eigenvalue weighted by Gasteiger charge is -2.11. The topological polar surface area (TPSA) is 80.2 Å². The number of carbonyl (C=O) groups is 1. The maximum absolute atomic E-state index is 12.6. The van der Waals surface area contributed by atoms with Gasteiger partial charge < -0.3 is 9.88 Å². The quantitative estimate of drug-likeness (QED) is 0.685. The average Bonchev–Trinajstić information content (AvgIpc) is 2.96. The van der Waals surface area contributed by atoms with E-state index in [1.165, 1.54) is 0 Å². The summed E-state index contributed by atoms with van der Waals surface area (Å²) in [7, 11) is -1.67. The number of nitrogens with zero attached hydrogens (tertiary/aromatic N) is 1. The molecule has 0 bridgehead atoms. The van der Waals surface area contributed by atoms with Crippen molar-refractivity contribution in [3.63, 3.8) is 0 Å². The van der Waals surface area contributed by atoms with E-state index < -0.39 is 10.0 Å². The zero-order chi connectivity index (χ0) is 19.6. The highest BCUT2D eigenvalue weighted by Crippen LogP contribution is 2.20. The zero-order valence-corrected chi connectivity index (χ0v) is 16.4. The summed E-state index contributed by atoms with van der Waals surface area (Å²) in [5.41, 5.74) is 2.30. The third-order valence-corrected chi connectivity index (χ3v) is 5.85. The summed E-state index contributed by atoms with van der Waals surface area (Å²) in [5.74, 6) is -0.194. The molecule has 1 heterocycles. The SMILES string of the molecule is CC(C)NS(=O)(=O)c1cccc(CNC(=O)c2cn(C)c3ccccc23)c1. The van der Waals surface area contributed by atoms with Crippen molar-refractivity contribution in [2.45, 2.75) is 31.3 Å². The minimum atomic E-state index is -3.56. The molecule has 3 rings (SSSR count). The Balaban J connectivity index is 1.77. The number of hydrogen-bond acceptors (Lipinski definition) is 3. The van der Waals surface area contributed by atoms with Gasteiger partial charge in [-0.25, -0.2) is 13.1 Å².